The van der Waals surface area contributed by atoms with Crippen molar-refractivity contribution in [2.45, 2.75) is 75.0 Å². The monoisotopic (exact) mass is 1090 g/mol. The topological polar surface area (TPSA) is 15.3 Å². The third-order valence-corrected chi connectivity index (χ3v) is 21.0. The van der Waals surface area contributed by atoms with Gasteiger partial charge in [-0.25, -0.2) is 0 Å². The predicted octanol–water partition coefficient (Wildman–Crippen LogP) is 21.9. The van der Waals surface area contributed by atoms with Crippen LogP contribution in [0.2, 0.25) is 0 Å². The molecule has 84 heavy (non-hydrogen) atoms. The lowest BCUT2D eigenvalue weighted by atomic mass is 9.77. The Morgan fingerprint density at radius 2 is 0.762 bits per heavy atom. The van der Waals surface area contributed by atoms with Crippen molar-refractivity contribution in [3.05, 3.63) is 254 Å². The van der Waals surface area contributed by atoms with Gasteiger partial charge in [-0.05, 0) is 194 Å². The second-order valence-corrected chi connectivity index (χ2v) is 25.0. The molecular formula is C80H62N4. The van der Waals surface area contributed by atoms with E-state index in [1.807, 2.05) is 84.9 Å². The molecule has 4 bridgehead atoms. The summed E-state index contributed by atoms with van der Waals surface area (Å²) >= 11 is 0. The van der Waals surface area contributed by atoms with Crippen molar-refractivity contribution in [1.82, 2.24) is 8.80 Å². The molecule has 4 nitrogen and oxygen atoms in total. The van der Waals surface area contributed by atoms with Crippen molar-refractivity contribution in [3.8, 4) is 22.3 Å². The molecule has 0 amide bonds. The lowest BCUT2D eigenvalue weighted by Crippen LogP contribution is -2.19. The maximum atomic E-state index is 9.29. The number of aromatic nitrogens is 2. The van der Waals surface area contributed by atoms with Gasteiger partial charge in [-0.2, -0.15) is 0 Å². The Kier molecular flexibility index (Phi) is 8.04. The molecule has 19 rings (SSSR count). The molecule has 0 radical (unpaired) electrons. The van der Waals surface area contributed by atoms with E-state index < -0.39 is 12.1 Å². The smallest absolute Gasteiger partial charge is 0.0641 e. The van der Waals surface area contributed by atoms with E-state index in [-0.39, 0.29) is 70.3 Å². The molecule has 4 aliphatic rings. The molecule has 402 valence electrons. The average Bonchev–Trinajstić information content (AvgIpc) is 1.51. The maximum absolute atomic E-state index is 9.29. The highest BCUT2D eigenvalue weighted by atomic mass is 15.2. The summed E-state index contributed by atoms with van der Waals surface area (Å²) in [6, 6.07) is 60.9. The summed E-state index contributed by atoms with van der Waals surface area (Å²) in [7, 11) is 0. The molecule has 0 N–H and O–H groups in total. The van der Waals surface area contributed by atoms with Crippen LogP contribution < -0.4 is 9.80 Å². The van der Waals surface area contributed by atoms with Crippen molar-refractivity contribution < 1.29 is 13.7 Å². The van der Waals surface area contributed by atoms with Gasteiger partial charge in [0.15, 0.2) is 0 Å². The van der Waals surface area contributed by atoms with Gasteiger partial charge >= 0.3 is 0 Å². The molecule has 4 heteroatoms. The summed E-state index contributed by atoms with van der Waals surface area (Å²) in [6.07, 6.45) is 12.1. The molecule has 11 aromatic carbocycles. The molecule has 4 saturated carbocycles. The Labute approximate surface area is 503 Å². The molecule has 0 spiro atoms. The summed E-state index contributed by atoms with van der Waals surface area (Å²) < 4.78 is 94.5. The average molecular weight is 1090 g/mol. The van der Waals surface area contributed by atoms with Gasteiger partial charge < -0.3 is 18.6 Å². The standard InChI is InChI=1S/C80H62N4/c1-5-17-53(18-6-1)59-25-13-15-27-67(59)81(57-21-9-3-10-22-57)71-35-31-61-63-47-74-64(48-73(63)83-69-33-29-55(45-65(69)75(71)77(61)83)79-41-37-51(49-79)38-42-79)62-32-36-72(76-66-46-56(30-34-70(66)84(74)78(62)76)80-43-39-52(50-80)40-44-80)82(58-23-11-4-12-24-58)68-28-16-14-26-60(68)54-19-7-2-8-20-54/h1-36,45-48,51-52H,37-44,49-50H2/i1D,2D,5D,6D,7D,8D,17D,18D,19D,20D. The van der Waals surface area contributed by atoms with Gasteiger partial charge in [-0.1, -0.05) is 157 Å². The zero-order chi connectivity index (χ0) is 63.5. The number of hydrogen-bond donors (Lipinski definition) is 0. The fraction of sp³-hybridized carbons (Fsp3) is 0.175. The van der Waals surface area contributed by atoms with E-state index in [0.717, 1.165) is 111 Å². The summed E-state index contributed by atoms with van der Waals surface area (Å²) in [6.45, 7) is 0. The number of benzene rings is 11. The third-order valence-electron chi connectivity index (χ3n) is 21.0. The van der Waals surface area contributed by atoms with E-state index in [0.29, 0.717) is 22.5 Å². The second-order valence-electron chi connectivity index (χ2n) is 25.0. The molecule has 4 heterocycles. The largest absolute Gasteiger partial charge is 0.309 e. The van der Waals surface area contributed by atoms with Crippen LogP contribution >= 0.6 is 0 Å². The van der Waals surface area contributed by atoms with Gasteiger partial charge in [0, 0.05) is 65.6 Å². The first-order valence-electron chi connectivity index (χ1n) is 35.2. The van der Waals surface area contributed by atoms with Crippen molar-refractivity contribution >= 4 is 110 Å². The second kappa shape index (κ2) is 17.6. The minimum atomic E-state index is -0.428. The lowest BCUT2D eigenvalue weighted by molar-refractivity contribution is 0.419. The lowest BCUT2D eigenvalue weighted by Gasteiger charge is -2.29. The molecular weight excluding hydrogens is 1020 g/mol. The van der Waals surface area contributed by atoms with Crippen LogP contribution in [0, 0.1) is 11.8 Å². The van der Waals surface area contributed by atoms with E-state index in [9.17, 15) is 5.48 Å². The number of rotatable bonds is 10. The van der Waals surface area contributed by atoms with Crippen molar-refractivity contribution in [1.29, 1.82) is 0 Å². The maximum Gasteiger partial charge on any atom is 0.0641 e. The Bertz CT molecular complexity index is 5330. The molecule has 0 atom stereocenters. The molecule has 15 aromatic rings. The Hall–Kier alpha value is -9.38. The zero-order valence-corrected chi connectivity index (χ0v) is 46.3. The SMILES string of the molecule is [2H]c1c([2H])c([2H])c(-c2ccccc2N(c2ccccc2)c2ccc3c4cc5c(cc4n4c6ccc(C78CCC(CC7)C8)cc6c2c34)c2ccc(N(c3ccccc3)c3ccccc3-c3c([2H])c([2H])c([2H])c([2H])c3[2H])c3c4cc(C67CCC(CC6)C7)ccc4n5c23)c([2H])c1[2H]. The Morgan fingerprint density at radius 1 is 0.357 bits per heavy atom. The fourth-order valence-electron chi connectivity index (χ4n) is 17.3. The van der Waals surface area contributed by atoms with Crippen LogP contribution in [0.5, 0.6) is 0 Å². The van der Waals surface area contributed by atoms with Crippen LogP contribution in [0.1, 0.15) is 89.0 Å². The minimum absolute atomic E-state index is 0.115. The van der Waals surface area contributed by atoms with Crippen LogP contribution in [0.25, 0.3) is 98.4 Å². The van der Waals surface area contributed by atoms with Gasteiger partial charge in [0.2, 0.25) is 0 Å². The number of nitrogens with zero attached hydrogens (tertiary/aromatic N) is 4. The van der Waals surface area contributed by atoms with Crippen molar-refractivity contribution in [2.24, 2.45) is 11.8 Å². The van der Waals surface area contributed by atoms with Crippen LogP contribution in [0.15, 0.2) is 242 Å². The van der Waals surface area contributed by atoms with Gasteiger partial charge in [0.25, 0.3) is 0 Å². The third kappa shape index (κ3) is 6.54. The van der Waals surface area contributed by atoms with Crippen LogP contribution in [0.4, 0.5) is 34.1 Å². The molecule has 4 aliphatic carbocycles. The summed E-state index contributed by atoms with van der Waals surface area (Å²) in [5.41, 5.74) is 15.8. The van der Waals surface area contributed by atoms with E-state index in [1.54, 1.807) is 0 Å². The predicted molar refractivity (Wildman–Crippen MR) is 353 cm³/mol. The first-order chi connectivity index (χ1) is 45.7. The molecule has 0 unspecified atom stereocenters. The Morgan fingerprint density at radius 3 is 1.17 bits per heavy atom. The quantitative estimate of drug-likeness (QED) is 0.136. The number of hydrogen-bond acceptors (Lipinski definition) is 2. The van der Waals surface area contributed by atoms with Gasteiger partial charge in [-0.15, -0.1) is 0 Å². The van der Waals surface area contributed by atoms with Crippen molar-refractivity contribution in [2.75, 3.05) is 9.80 Å². The zero-order valence-electron chi connectivity index (χ0n) is 56.3. The number of fused-ring (bicyclic) bond motifs is 16. The first-order valence-corrected chi connectivity index (χ1v) is 30.2. The van der Waals surface area contributed by atoms with E-state index in [4.69, 9.17) is 8.22 Å². The number of para-hydroxylation sites is 4. The fourth-order valence-corrected chi connectivity index (χ4v) is 17.3. The van der Waals surface area contributed by atoms with E-state index in [2.05, 4.69) is 116 Å². The molecule has 4 fully saturated rings. The van der Waals surface area contributed by atoms with Crippen LogP contribution in [0.3, 0.4) is 0 Å². The highest BCUT2D eigenvalue weighted by Crippen LogP contribution is 2.59. The van der Waals surface area contributed by atoms with Gasteiger partial charge in [0.05, 0.1) is 69.6 Å². The van der Waals surface area contributed by atoms with Crippen LogP contribution in [-0.4, -0.2) is 8.80 Å². The highest BCUT2D eigenvalue weighted by Gasteiger charge is 2.47. The van der Waals surface area contributed by atoms with Crippen LogP contribution in [-0.2, 0) is 10.8 Å². The summed E-state index contributed by atoms with van der Waals surface area (Å²) in [5, 5.41) is 8.84. The normalized spacial score (nSPS) is 21.9. The van der Waals surface area contributed by atoms with E-state index in [1.165, 1.54) is 75.3 Å². The molecule has 0 saturated heterocycles. The molecule has 0 aliphatic heterocycles. The van der Waals surface area contributed by atoms with Gasteiger partial charge in [0.1, 0.15) is 0 Å². The molecule has 4 aromatic heterocycles. The van der Waals surface area contributed by atoms with E-state index >= 15 is 0 Å². The number of anilines is 6. The Balaban J connectivity index is 0.905. The minimum Gasteiger partial charge on any atom is -0.309 e. The summed E-state index contributed by atoms with van der Waals surface area (Å²) in [4.78, 5) is 4.47. The first kappa shape index (κ1) is 38.4. The van der Waals surface area contributed by atoms with Crippen molar-refractivity contribution in [3.63, 3.8) is 0 Å². The summed E-state index contributed by atoms with van der Waals surface area (Å²) in [5.74, 6) is 1.49. The van der Waals surface area contributed by atoms with Gasteiger partial charge in [-0.3, -0.25) is 0 Å². The highest BCUT2D eigenvalue weighted by molar-refractivity contribution is 6.32.